The van der Waals surface area contributed by atoms with E-state index in [-0.39, 0.29) is 17.1 Å². The summed E-state index contributed by atoms with van der Waals surface area (Å²) in [5, 5.41) is 2.77. The van der Waals surface area contributed by atoms with Crippen LogP contribution in [-0.4, -0.2) is 40.6 Å². The molecule has 1 aliphatic heterocycles. The molecule has 0 aromatic heterocycles. The van der Waals surface area contributed by atoms with Crippen LogP contribution < -0.4 is 5.32 Å². The minimum absolute atomic E-state index is 0.0455. The molecule has 1 aromatic rings. The summed E-state index contributed by atoms with van der Waals surface area (Å²) < 4.78 is 0. The van der Waals surface area contributed by atoms with Gasteiger partial charge in [0.2, 0.25) is 11.8 Å². The molecule has 23 heavy (non-hydrogen) atoms. The molecule has 1 N–H and O–H groups in total. The van der Waals surface area contributed by atoms with E-state index in [1.807, 2.05) is 44.2 Å². The Hall–Kier alpha value is -2.08. The summed E-state index contributed by atoms with van der Waals surface area (Å²) in [5.41, 5.74) is 1.17. The van der Waals surface area contributed by atoms with Crippen LogP contribution in [0.3, 0.4) is 0 Å². The van der Waals surface area contributed by atoms with Crippen LogP contribution in [0.15, 0.2) is 35.3 Å². The lowest BCUT2D eigenvalue weighted by Crippen LogP contribution is -2.60. The van der Waals surface area contributed by atoms with Gasteiger partial charge in [0.15, 0.2) is 11.0 Å². The molecular formula is C17H21N3O2S. The first kappa shape index (κ1) is 17.3. The van der Waals surface area contributed by atoms with Crippen molar-refractivity contribution in [2.75, 3.05) is 6.54 Å². The number of aliphatic imine (C=N–C) groups is 1. The number of hydrogen-bond acceptors (Lipinski definition) is 4. The Labute approximate surface area is 141 Å². The minimum atomic E-state index is -0.897. The molecule has 1 fully saturated rings. The smallest absolute Gasteiger partial charge is 0.247 e. The Bertz CT molecular complexity index is 616. The van der Waals surface area contributed by atoms with Crippen LogP contribution in [0, 0.1) is 5.92 Å². The molecule has 2 atom stereocenters. The lowest BCUT2D eigenvalue weighted by atomic mass is 10.0. The third-order valence-corrected chi connectivity index (χ3v) is 4.19. The zero-order chi connectivity index (χ0) is 16.8. The summed E-state index contributed by atoms with van der Waals surface area (Å²) in [6.07, 6.45) is 2.98. The number of amides is 2. The quantitative estimate of drug-likeness (QED) is 0.492. The van der Waals surface area contributed by atoms with Crippen LogP contribution in [0.5, 0.6) is 0 Å². The van der Waals surface area contributed by atoms with Crippen molar-refractivity contribution in [3.05, 3.63) is 35.9 Å². The van der Waals surface area contributed by atoms with Gasteiger partial charge in [-0.1, -0.05) is 37.3 Å². The number of carbonyl (C=O) groups is 2. The van der Waals surface area contributed by atoms with Gasteiger partial charge < -0.3 is 5.32 Å². The first-order valence-corrected chi connectivity index (χ1v) is 8.17. The normalized spacial score (nSPS) is 20.0. The molecule has 1 aliphatic rings. The van der Waals surface area contributed by atoms with E-state index in [1.165, 1.54) is 16.7 Å². The average molecular weight is 331 g/mol. The molecule has 0 spiro atoms. The topological polar surface area (TPSA) is 61.8 Å². The Balaban J connectivity index is 1.99. The number of nitrogens with zero attached hydrogens (tertiary/aromatic N) is 2. The van der Waals surface area contributed by atoms with Gasteiger partial charge in [0.05, 0.1) is 0 Å². The van der Waals surface area contributed by atoms with E-state index in [4.69, 9.17) is 12.2 Å². The minimum Gasteiger partial charge on any atom is -0.302 e. The van der Waals surface area contributed by atoms with E-state index in [2.05, 4.69) is 10.3 Å². The summed E-state index contributed by atoms with van der Waals surface area (Å²) >= 11 is 5.10. The van der Waals surface area contributed by atoms with Gasteiger partial charge in [0, 0.05) is 18.8 Å². The van der Waals surface area contributed by atoms with Crippen molar-refractivity contribution in [2.45, 2.75) is 32.7 Å². The van der Waals surface area contributed by atoms with Gasteiger partial charge in [-0.25, -0.2) is 0 Å². The zero-order valence-electron chi connectivity index (χ0n) is 13.4. The molecule has 6 heteroatoms. The highest BCUT2D eigenvalue weighted by atomic mass is 32.1. The summed E-state index contributed by atoms with van der Waals surface area (Å²) in [6, 6.07) is 9.92. The van der Waals surface area contributed by atoms with Gasteiger partial charge in [-0.2, -0.15) is 0 Å². The van der Waals surface area contributed by atoms with E-state index < -0.39 is 11.8 Å². The molecule has 0 bridgehead atoms. The van der Waals surface area contributed by atoms with Crippen molar-refractivity contribution in [1.82, 2.24) is 10.2 Å². The second-order valence-corrected chi connectivity index (χ2v) is 5.92. The maximum Gasteiger partial charge on any atom is 0.247 e. The Kier molecular flexibility index (Phi) is 5.98. The number of thiocarbonyl (C=S) groups is 1. The van der Waals surface area contributed by atoms with Gasteiger partial charge in [0.1, 0.15) is 0 Å². The van der Waals surface area contributed by atoms with Crippen LogP contribution in [0.2, 0.25) is 0 Å². The van der Waals surface area contributed by atoms with Crippen molar-refractivity contribution < 1.29 is 9.59 Å². The van der Waals surface area contributed by atoms with Crippen LogP contribution >= 0.6 is 12.2 Å². The molecule has 1 aromatic carbocycles. The largest absolute Gasteiger partial charge is 0.302 e. The number of benzene rings is 1. The van der Waals surface area contributed by atoms with Crippen LogP contribution in [0.1, 0.15) is 25.8 Å². The second kappa shape index (κ2) is 7.97. The number of rotatable bonds is 6. The summed E-state index contributed by atoms with van der Waals surface area (Å²) in [6.45, 7) is 4.42. The summed E-state index contributed by atoms with van der Waals surface area (Å²) in [5.74, 6) is -1.59. The van der Waals surface area contributed by atoms with Crippen LogP contribution in [0.4, 0.5) is 0 Å². The molecule has 0 unspecified atom stereocenters. The van der Waals surface area contributed by atoms with E-state index in [0.717, 1.165) is 12.8 Å². The highest BCUT2D eigenvalue weighted by molar-refractivity contribution is 7.80. The van der Waals surface area contributed by atoms with Crippen molar-refractivity contribution in [1.29, 1.82) is 0 Å². The molecule has 0 saturated carbocycles. The fourth-order valence-corrected chi connectivity index (χ4v) is 2.73. The van der Waals surface area contributed by atoms with Gasteiger partial charge in [-0.15, -0.1) is 0 Å². The maximum atomic E-state index is 12.5. The average Bonchev–Trinajstić information content (AvgIpc) is 2.54. The molecule has 0 aliphatic carbocycles. The standard InChI is InChI=1S/C17H21N3O2S/c1-3-12(2)20-16(22)14(15(21)19-17(20)23)11-18-10-9-13-7-5-4-6-8-13/h4-8,11-12,14H,3,9-10H2,1-2H3,(H,19,21,23)/t12-,14+/m0/s1. The number of carbonyl (C=O) groups excluding carboxylic acids is 2. The summed E-state index contributed by atoms with van der Waals surface area (Å²) in [4.78, 5) is 30.2. The fourth-order valence-electron chi connectivity index (χ4n) is 2.36. The molecule has 1 heterocycles. The van der Waals surface area contributed by atoms with Gasteiger partial charge in [-0.3, -0.25) is 19.5 Å². The van der Waals surface area contributed by atoms with Gasteiger partial charge in [-0.05, 0) is 37.5 Å². The highest BCUT2D eigenvalue weighted by Gasteiger charge is 2.39. The SMILES string of the molecule is CC[C@H](C)N1C(=O)[C@H](C=NCCc2ccccc2)C(=O)NC1=S. The third kappa shape index (κ3) is 4.22. The van der Waals surface area contributed by atoms with Crippen molar-refractivity contribution in [3.63, 3.8) is 0 Å². The first-order valence-electron chi connectivity index (χ1n) is 7.76. The third-order valence-electron chi connectivity index (χ3n) is 3.89. The zero-order valence-corrected chi connectivity index (χ0v) is 14.2. The molecule has 122 valence electrons. The predicted octanol–water partition coefficient (Wildman–Crippen LogP) is 1.96. The number of nitrogens with one attached hydrogen (secondary N) is 1. The van der Waals surface area contributed by atoms with Gasteiger partial charge >= 0.3 is 0 Å². The Morgan fingerprint density at radius 1 is 1.35 bits per heavy atom. The van der Waals surface area contributed by atoms with E-state index in [1.54, 1.807) is 0 Å². The summed E-state index contributed by atoms with van der Waals surface area (Å²) in [7, 11) is 0. The highest BCUT2D eigenvalue weighted by Crippen LogP contribution is 2.14. The monoisotopic (exact) mass is 331 g/mol. The van der Waals surface area contributed by atoms with Crippen LogP contribution in [0.25, 0.3) is 0 Å². The lowest BCUT2D eigenvalue weighted by molar-refractivity contribution is -0.139. The Morgan fingerprint density at radius 3 is 2.70 bits per heavy atom. The lowest BCUT2D eigenvalue weighted by Gasteiger charge is -2.34. The fraction of sp³-hybridized carbons (Fsp3) is 0.412. The van der Waals surface area contributed by atoms with Crippen molar-refractivity contribution in [3.8, 4) is 0 Å². The molecule has 2 amide bonds. The maximum absolute atomic E-state index is 12.5. The van der Waals surface area contributed by atoms with Crippen molar-refractivity contribution >= 4 is 35.4 Å². The molecule has 5 nitrogen and oxygen atoms in total. The van der Waals surface area contributed by atoms with E-state index in [9.17, 15) is 9.59 Å². The van der Waals surface area contributed by atoms with E-state index in [0.29, 0.717) is 6.54 Å². The molecule has 1 saturated heterocycles. The molecule has 0 radical (unpaired) electrons. The first-order chi connectivity index (χ1) is 11.0. The second-order valence-electron chi connectivity index (χ2n) is 5.53. The van der Waals surface area contributed by atoms with Crippen LogP contribution in [-0.2, 0) is 16.0 Å². The molecular weight excluding hydrogens is 310 g/mol. The van der Waals surface area contributed by atoms with Crippen molar-refractivity contribution in [2.24, 2.45) is 10.9 Å². The Morgan fingerprint density at radius 2 is 2.04 bits per heavy atom. The van der Waals surface area contributed by atoms with Gasteiger partial charge in [0.25, 0.3) is 0 Å². The molecule has 2 rings (SSSR count). The van der Waals surface area contributed by atoms with E-state index >= 15 is 0 Å². The number of hydrogen-bond donors (Lipinski definition) is 1. The predicted molar refractivity (Wildman–Crippen MR) is 94.3 cm³/mol.